The second-order valence-electron chi connectivity index (χ2n) is 4.65. The van der Waals surface area contributed by atoms with E-state index in [-0.39, 0.29) is 11.7 Å². The molecule has 0 fully saturated rings. The maximum atomic E-state index is 11.9. The zero-order valence-electron chi connectivity index (χ0n) is 9.85. The largest absolute Gasteiger partial charge is 0.345 e. The van der Waals surface area contributed by atoms with Gasteiger partial charge in [-0.25, -0.2) is 9.48 Å². The Morgan fingerprint density at radius 1 is 1.50 bits per heavy atom. The van der Waals surface area contributed by atoms with Gasteiger partial charge in [0.1, 0.15) is 5.82 Å². The van der Waals surface area contributed by atoms with Gasteiger partial charge in [-0.2, -0.15) is 5.10 Å². The minimum Gasteiger partial charge on any atom is -0.328 e. The Morgan fingerprint density at radius 3 is 3.00 bits per heavy atom. The monoisotopic (exact) mass is 224 g/mol. The minimum atomic E-state index is 0.0550. The van der Waals surface area contributed by atoms with Gasteiger partial charge >= 0.3 is 5.69 Å². The molecule has 1 aliphatic heterocycles. The first kappa shape index (κ1) is 11.4. The highest BCUT2D eigenvalue weighted by Crippen LogP contribution is 2.09. The molecular weight excluding hydrogens is 204 g/mol. The summed E-state index contributed by atoms with van der Waals surface area (Å²) in [5.74, 6) is 0.956. The third-order valence-electron chi connectivity index (χ3n) is 3.06. The Hall–Kier alpha value is -1.10. The van der Waals surface area contributed by atoms with E-state index in [1.807, 2.05) is 11.5 Å². The van der Waals surface area contributed by atoms with E-state index >= 15 is 0 Å². The molecule has 2 heterocycles. The predicted octanol–water partition coefficient (Wildman–Crippen LogP) is 0.508. The highest BCUT2D eigenvalue weighted by molar-refractivity contribution is 4.91. The normalized spacial score (nSPS) is 17.1. The van der Waals surface area contributed by atoms with Crippen LogP contribution in [-0.2, 0) is 19.5 Å². The number of aryl methyl sites for hydroxylation is 2. The molecule has 5 heteroatoms. The Labute approximate surface area is 95.2 Å². The molecule has 1 aliphatic rings. The number of nitrogens with two attached hydrogens (primary N) is 1. The van der Waals surface area contributed by atoms with Gasteiger partial charge in [0.05, 0.1) is 0 Å². The highest BCUT2D eigenvalue weighted by Gasteiger charge is 2.16. The SMILES string of the molecule is CC(N)CCCn1nc2n(c1=O)CCCC2. The smallest absolute Gasteiger partial charge is 0.328 e. The molecule has 16 heavy (non-hydrogen) atoms. The molecule has 1 aromatic heterocycles. The summed E-state index contributed by atoms with van der Waals surface area (Å²) in [6.45, 7) is 3.52. The van der Waals surface area contributed by atoms with Crippen LogP contribution in [0.2, 0.25) is 0 Å². The van der Waals surface area contributed by atoms with Crippen molar-refractivity contribution in [1.82, 2.24) is 14.3 Å². The molecule has 2 N–H and O–H groups in total. The number of hydrogen-bond donors (Lipinski definition) is 1. The molecule has 1 atom stereocenters. The Balaban J connectivity index is 2.04. The van der Waals surface area contributed by atoms with Gasteiger partial charge in [-0.1, -0.05) is 0 Å². The maximum Gasteiger partial charge on any atom is 0.345 e. The van der Waals surface area contributed by atoms with E-state index in [1.165, 1.54) is 0 Å². The Morgan fingerprint density at radius 2 is 2.31 bits per heavy atom. The summed E-state index contributed by atoms with van der Waals surface area (Å²) in [6, 6.07) is 0.202. The Kier molecular flexibility index (Phi) is 3.43. The van der Waals surface area contributed by atoms with E-state index in [1.54, 1.807) is 4.68 Å². The van der Waals surface area contributed by atoms with Crippen LogP contribution >= 0.6 is 0 Å². The summed E-state index contributed by atoms with van der Waals surface area (Å²) in [7, 11) is 0. The predicted molar refractivity (Wildman–Crippen MR) is 62.3 cm³/mol. The first-order valence-corrected chi connectivity index (χ1v) is 6.10. The van der Waals surface area contributed by atoms with E-state index < -0.39 is 0 Å². The van der Waals surface area contributed by atoms with Gasteiger partial charge in [-0.3, -0.25) is 4.57 Å². The quantitative estimate of drug-likeness (QED) is 0.810. The van der Waals surface area contributed by atoms with Crippen molar-refractivity contribution >= 4 is 0 Å². The summed E-state index contributed by atoms with van der Waals surface area (Å²) in [4.78, 5) is 11.9. The number of fused-ring (bicyclic) bond motifs is 1. The third kappa shape index (κ3) is 2.35. The standard InChI is InChI=1S/C11H20N4O/c1-9(12)5-4-8-15-11(16)14-7-3-2-6-10(14)13-15/h9H,2-8,12H2,1H3. The summed E-state index contributed by atoms with van der Waals surface area (Å²) in [5.41, 5.74) is 5.73. The lowest BCUT2D eigenvalue weighted by Gasteiger charge is -2.09. The lowest BCUT2D eigenvalue weighted by atomic mass is 10.2. The fraction of sp³-hybridized carbons (Fsp3) is 0.818. The summed E-state index contributed by atoms with van der Waals surface area (Å²) in [6.07, 6.45) is 5.05. The van der Waals surface area contributed by atoms with Crippen molar-refractivity contribution in [1.29, 1.82) is 0 Å². The third-order valence-corrected chi connectivity index (χ3v) is 3.06. The second kappa shape index (κ2) is 4.82. The van der Waals surface area contributed by atoms with Gasteiger partial charge in [0, 0.05) is 25.6 Å². The molecule has 0 saturated carbocycles. The molecule has 1 unspecified atom stereocenters. The average Bonchev–Trinajstić information content (AvgIpc) is 2.56. The lowest BCUT2D eigenvalue weighted by molar-refractivity contribution is 0.500. The fourth-order valence-corrected chi connectivity index (χ4v) is 2.16. The topological polar surface area (TPSA) is 65.8 Å². The van der Waals surface area contributed by atoms with Crippen LogP contribution in [0, 0.1) is 0 Å². The molecule has 0 aromatic carbocycles. The number of aromatic nitrogens is 3. The lowest BCUT2D eigenvalue weighted by Crippen LogP contribution is -2.27. The van der Waals surface area contributed by atoms with E-state index in [0.717, 1.165) is 44.5 Å². The number of rotatable bonds is 4. The van der Waals surface area contributed by atoms with Gasteiger partial charge in [0.25, 0.3) is 0 Å². The Bertz CT molecular complexity index is 405. The van der Waals surface area contributed by atoms with E-state index in [4.69, 9.17) is 5.73 Å². The fourth-order valence-electron chi connectivity index (χ4n) is 2.16. The zero-order valence-corrected chi connectivity index (χ0v) is 9.85. The first-order chi connectivity index (χ1) is 7.68. The van der Waals surface area contributed by atoms with Crippen molar-refractivity contribution in [3.8, 4) is 0 Å². The van der Waals surface area contributed by atoms with Gasteiger partial charge in [0.2, 0.25) is 0 Å². The van der Waals surface area contributed by atoms with Gasteiger partial charge in [-0.15, -0.1) is 0 Å². The summed E-state index contributed by atoms with van der Waals surface area (Å²) >= 11 is 0. The number of hydrogen-bond acceptors (Lipinski definition) is 3. The first-order valence-electron chi connectivity index (χ1n) is 6.10. The highest BCUT2D eigenvalue weighted by atomic mass is 16.2. The van der Waals surface area contributed by atoms with Gasteiger partial charge in [0.15, 0.2) is 0 Å². The molecule has 2 rings (SSSR count). The van der Waals surface area contributed by atoms with Crippen LogP contribution in [0.4, 0.5) is 0 Å². The molecule has 1 aromatic rings. The van der Waals surface area contributed by atoms with Crippen LogP contribution < -0.4 is 11.4 Å². The van der Waals surface area contributed by atoms with Crippen molar-refractivity contribution in [2.45, 2.75) is 58.2 Å². The van der Waals surface area contributed by atoms with Crippen molar-refractivity contribution in [3.05, 3.63) is 16.3 Å². The molecule has 0 amide bonds. The van der Waals surface area contributed by atoms with E-state index in [0.29, 0.717) is 6.54 Å². The van der Waals surface area contributed by atoms with Crippen LogP contribution in [0.3, 0.4) is 0 Å². The van der Waals surface area contributed by atoms with E-state index in [9.17, 15) is 4.79 Å². The number of nitrogens with zero attached hydrogens (tertiary/aromatic N) is 3. The summed E-state index contributed by atoms with van der Waals surface area (Å²) in [5, 5.41) is 4.37. The van der Waals surface area contributed by atoms with Crippen LogP contribution in [0.5, 0.6) is 0 Å². The molecule has 0 bridgehead atoms. The van der Waals surface area contributed by atoms with Crippen molar-refractivity contribution in [2.75, 3.05) is 0 Å². The van der Waals surface area contributed by atoms with Crippen molar-refractivity contribution in [2.24, 2.45) is 5.73 Å². The molecule has 0 aliphatic carbocycles. The van der Waals surface area contributed by atoms with Crippen LogP contribution in [0.25, 0.3) is 0 Å². The molecule has 0 saturated heterocycles. The van der Waals surface area contributed by atoms with Gasteiger partial charge in [-0.05, 0) is 32.6 Å². The van der Waals surface area contributed by atoms with Crippen LogP contribution in [0.1, 0.15) is 38.4 Å². The average molecular weight is 224 g/mol. The van der Waals surface area contributed by atoms with Crippen LogP contribution in [0.15, 0.2) is 4.79 Å². The maximum absolute atomic E-state index is 11.9. The minimum absolute atomic E-state index is 0.0550. The van der Waals surface area contributed by atoms with Crippen LogP contribution in [-0.4, -0.2) is 20.4 Å². The van der Waals surface area contributed by atoms with Crippen molar-refractivity contribution < 1.29 is 0 Å². The van der Waals surface area contributed by atoms with Crippen molar-refractivity contribution in [3.63, 3.8) is 0 Å². The summed E-state index contributed by atoms with van der Waals surface area (Å²) < 4.78 is 3.42. The van der Waals surface area contributed by atoms with Gasteiger partial charge < -0.3 is 5.73 Å². The second-order valence-corrected chi connectivity index (χ2v) is 4.65. The molecule has 5 nitrogen and oxygen atoms in total. The molecule has 0 radical (unpaired) electrons. The molecule has 90 valence electrons. The molecule has 0 spiro atoms. The van der Waals surface area contributed by atoms with E-state index in [2.05, 4.69) is 5.10 Å². The molecular formula is C11H20N4O. The zero-order chi connectivity index (χ0) is 11.5.